The maximum Gasteiger partial charge on any atom is 0.261 e. The van der Waals surface area contributed by atoms with Gasteiger partial charge in [-0.05, 0) is 55.3 Å². The van der Waals surface area contributed by atoms with Gasteiger partial charge in [0.05, 0.1) is 10.6 Å². The van der Waals surface area contributed by atoms with Crippen molar-refractivity contribution in [3.63, 3.8) is 0 Å². The van der Waals surface area contributed by atoms with Crippen LogP contribution in [0, 0.1) is 0 Å². The summed E-state index contributed by atoms with van der Waals surface area (Å²) in [5.41, 5.74) is 1.23. The highest BCUT2D eigenvalue weighted by atomic mass is 32.2. The quantitative estimate of drug-likeness (QED) is 0.572. The Kier molecular flexibility index (Phi) is 6.11. The van der Waals surface area contributed by atoms with Gasteiger partial charge in [0.25, 0.3) is 10.0 Å². The van der Waals surface area contributed by atoms with E-state index in [1.165, 1.54) is 31.2 Å². The minimum Gasteiger partial charge on any atom is -0.341 e. The van der Waals surface area contributed by atoms with Crippen LogP contribution in [0.25, 0.3) is 0 Å². The number of sulfonamides is 1. The zero-order valence-corrected chi connectivity index (χ0v) is 18.9. The van der Waals surface area contributed by atoms with Crippen LogP contribution in [-0.4, -0.2) is 49.4 Å². The summed E-state index contributed by atoms with van der Waals surface area (Å²) in [6.45, 7) is 2.70. The first-order valence-electron chi connectivity index (χ1n) is 10.0. The summed E-state index contributed by atoms with van der Waals surface area (Å²) in [6.07, 6.45) is 1.87. The normalized spacial score (nSPS) is 18.0. The van der Waals surface area contributed by atoms with E-state index >= 15 is 0 Å². The first-order valence-corrected chi connectivity index (χ1v) is 12.4. The lowest BCUT2D eigenvalue weighted by Crippen LogP contribution is -2.43. The number of nitrogens with one attached hydrogen (secondary N) is 3. The number of likely N-dealkylation sites (tertiary alicyclic amines) is 1. The number of carbonyl (C=O) groups is 3. The molecule has 0 bridgehead atoms. The van der Waals surface area contributed by atoms with E-state index in [1.807, 2.05) is 0 Å². The van der Waals surface area contributed by atoms with E-state index in [0.717, 1.165) is 24.6 Å². The van der Waals surface area contributed by atoms with Crippen LogP contribution in [0.2, 0.25) is 0 Å². The molecule has 0 unspecified atom stereocenters. The standard InChI is InChI=1S/C21H22N4O5S2/c1-13(26)22-14-4-6-15(7-5-14)24-32(29,30)16-8-9-18-17(12-16)23-20(27)19(31-18)21(28)25-10-2-3-11-25/h4-9,12,19,24H,2-3,10-11H2,1H3,(H,22,26)(H,23,27)/t19-/m0/s1. The van der Waals surface area contributed by atoms with Crippen molar-refractivity contribution in [2.24, 2.45) is 0 Å². The second-order valence-electron chi connectivity index (χ2n) is 7.54. The van der Waals surface area contributed by atoms with Gasteiger partial charge in [-0.25, -0.2) is 8.42 Å². The third kappa shape index (κ3) is 4.73. The fourth-order valence-corrected chi connectivity index (χ4v) is 5.70. The van der Waals surface area contributed by atoms with Gasteiger partial charge in [-0.15, -0.1) is 11.8 Å². The fraction of sp³-hybridized carbons (Fsp3) is 0.286. The first kappa shape index (κ1) is 22.2. The molecule has 0 aliphatic carbocycles. The van der Waals surface area contributed by atoms with Crippen molar-refractivity contribution in [1.82, 2.24) is 4.90 Å². The van der Waals surface area contributed by atoms with Crippen LogP contribution in [-0.2, 0) is 24.4 Å². The van der Waals surface area contributed by atoms with Gasteiger partial charge in [0, 0.05) is 36.3 Å². The number of thioether (sulfide) groups is 1. The molecule has 1 fully saturated rings. The molecule has 32 heavy (non-hydrogen) atoms. The molecule has 2 aromatic rings. The number of hydrogen-bond acceptors (Lipinski definition) is 6. The van der Waals surface area contributed by atoms with E-state index in [2.05, 4.69) is 15.4 Å². The Labute approximate surface area is 190 Å². The first-order chi connectivity index (χ1) is 15.2. The SMILES string of the molecule is CC(=O)Nc1ccc(NS(=O)(=O)c2ccc3c(c2)NC(=O)[C@@H](C(=O)N2CCCC2)S3)cc1. The van der Waals surface area contributed by atoms with Crippen molar-refractivity contribution >= 4 is 56.6 Å². The summed E-state index contributed by atoms with van der Waals surface area (Å²) in [7, 11) is -3.92. The predicted octanol–water partition coefficient (Wildman–Crippen LogP) is 2.48. The molecule has 3 N–H and O–H groups in total. The Balaban J connectivity index is 1.50. The van der Waals surface area contributed by atoms with Crippen molar-refractivity contribution in [2.75, 3.05) is 28.4 Å². The lowest BCUT2D eigenvalue weighted by Gasteiger charge is -2.27. The Morgan fingerprint density at radius 2 is 1.72 bits per heavy atom. The Morgan fingerprint density at radius 1 is 1.06 bits per heavy atom. The molecule has 0 aromatic heterocycles. The van der Waals surface area contributed by atoms with E-state index < -0.39 is 21.2 Å². The number of nitrogens with zero attached hydrogens (tertiary/aromatic N) is 1. The lowest BCUT2D eigenvalue weighted by molar-refractivity contribution is -0.133. The smallest absolute Gasteiger partial charge is 0.261 e. The molecular formula is C21H22N4O5S2. The van der Waals surface area contributed by atoms with E-state index in [4.69, 9.17) is 0 Å². The Morgan fingerprint density at radius 3 is 2.38 bits per heavy atom. The summed E-state index contributed by atoms with van der Waals surface area (Å²) in [4.78, 5) is 38.6. The lowest BCUT2D eigenvalue weighted by atomic mass is 10.2. The van der Waals surface area contributed by atoms with Gasteiger partial charge < -0.3 is 15.5 Å². The molecule has 11 heteroatoms. The van der Waals surface area contributed by atoms with E-state index in [1.54, 1.807) is 23.1 Å². The fourth-order valence-electron chi connectivity index (χ4n) is 3.56. The zero-order valence-electron chi connectivity index (χ0n) is 17.3. The van der Waals surface area contributed by atoms with Crippen LogP contribution in [0.4, 0.5) is 17.1 Å². The molecule has 9 nitrogen and oxygen atoms in total. The van der Waals surface area contributed by atoms with E-state index in [9.17, 15) is 22.8 Å². The minimum atomic E-state index is -3.92. The van der Waals surface area contributed by atoms with E-state index in [-0.39, 0.29) is 16.7 Å². The number of fused-ring (bicyclic) bond motifs is 1. The van der Waals surface area contributed by atoms with Gasteiger partial charge in [-0.1, -0.05) is 0 Å². The van der Waals surface area contributed by atoms with Crippen LogP contribution in [0.5, 0.6) is 0 Å². The summed E-state index contributed by atoms with van der Waals surface area (Å²) < 4.78 is 28.1. The van der Waals surface area contributed by atoms with E-state index in [0.29, 0.717) is 35.0 Å². The molecule has 2 heterocycles. The molecule has 2 aromatic carbocycles. The highest BCUT2D eigenvalue weighted by Gasteiger charge is 2.37. The van der Waals surface area contributed by atoms with Crippen molar-refractivity contribution < 1.29 is 22.8 Å². The highest BCUT2D eigenvalue weighted by molar-refractivity contribution is 8.01. The molecule has 0 spiro atoms. The number of rotatable bonds is 5. The largest absolute Gasteiger partial charge is 0.341 e. The molecule has 168 valence electrons. The maximum atomic E-state index is 12.8. The molecule has 1 saturated heterocycles. The second kappa shape index (κ2) is 8.83. The summed E-state index contributed by atoms with van der Waals surface area (Å²) in [5, 5.41) is 4.41. The van der Waals surface area contributed by atoms with Crippen molar-refractivity contribution in [1.29, 1.82) is 0 Å². The topological polar surface area (TPSA) is 125 Å². The van der Waals surface area contributed by atoms with Gasteiger partial charge in [0.1, 0.15) is 0 Å². The summed E-state index contributed by atoms with van der Waals surface area (Å²) >= 11 is 1.14. The predicted molar refractivity (Wildman–Crippen MR) is 122 cm³/mol. The Bertz CT molecular complexity index is 1180. The molecule has 2 aliphatic rings. The highest BCUT2D eigenvalue weighted by Crippen LogP contribution is 2.38. The number of carbonyl (C=O) groups excluding carboxylic acids is 3. The molecule has 1 atom stereocenters. The number of amides is 3. The van der Waals surface area contributed by atoms with Gasteiger partial charge in [0.2, 0.25) is 17.7 Å². The number of anilines is 3. The zero-order chi connectivity index (χ0) is 22.9. The van der Waals surface area contributed by atoms with Gasteiger partial charge >= 0.3 is 0 Å². The monoisotopic (exact) mass is 474 g/mol. The van der Waals surface area contributed by atoms with Gasteiger partial charge in [-0.2, -0.15) is 0 Å². The van der Waals surface area contributed by atoms with Crippen molar-refractivity contribution in [3.05, 3.63) is 42.5 Å². The summed E-state index contributed by atoms with van der Waals surface area (Å²) in [5.74, 6) is -0.885. The summed E-state index contributed by atoms with van der Waals surface area (Å²) in [6, 6.07) is 10.7. The molecule has 3 amide bonds. The van der Waals surface area contributed by atoms with Crippen LogP contribution >= 0.6 is 11.8 Å². The second-order valence-corrected chi connectivity index (χ2v) is 10.4. The average Bonchev–Trinajstić information content (AvgIpc) is 3.28. The molecular weight excluding hydrogens is 452 g/mol. The third-order valence-electron chi connectivity index (χ3n) is 5.10. The van der Waals surface area contributed by atoms with Crippen LogP contribution < -0.4 is 15.4 Å². The molecule has 4 rings (SSSR count). The minimum absolute atomic E-state index is 0.0209. The van der Waals surface area contributed by atoms with Crippen LogP contribution in [0.1, 0.15) is 19.8 Å². The van der Waals surface area contributed by atoms with Crippen LogP contribution in [0.15, 0.2) is 52.3 Å². The van der Waals surface area contributed by atoms with Crippen molar-refractivity contribution in [2.45, 2.75) is 34.8 Å². The number of benzene rings is 2. The number of hydrogen-bond donors (Lipinski definition) is 3. The average molecular weight is 475 g/mol. The van der Waals surface area contributed by atoms with Gasteiger partial charge in [-0.3, -0.25) is 19.1 Å². The third-order valence-corrected chi connectivity index (χ3v) is 7.74. The molecule has 0 saturated carbocycles. The van der Waals surface area contributed by atoms with Gasteiger partial charge in [0.15, 0.2) is 5.25 Å². The molecule has 2 aliphatic heterocycles. The van der Waals surface area contributed by atoms with Crippen molar-refractivity contribution in [3.8, 4) is 0 Å². The van der Waals surface area contributed by atoms with Crippen LogP contribution in [0.3, 0.4) is 0 Å². The Hall–Kier alpha value is -3.05. The maximum absolute atomic E-state index is 12.8. The molecule has 0 radical (unpaired) electrons.